The van der Waals surface area contributed by atoms with E-state index in [1.54, 1.807) is 12.1 Å². The van der Waals surface area contributed by atoms with Crippen LogP contribution in [0.2, 0.25) is 5.02 Å². The summed E-state index contributed by atoms with van der Waals surface area (Å²) < 4.78 is 19.8. The van der Waals surface area contributed by atoms with Gasteiger partial charge in [0.2, 0.25) is 0 Å². The van der Waals surface area contributed by atoms with Crippen LogP contribution in [0.5, 0.6) is 0 Å². The molecule has 7 rings (SSSR count). The third-order valence-corrected chi connectivity index (χ3v) is 8.61. The van der Waals surface area contributed by atoms with E-state index >= 15 is 0 Å². The summed E-state index contributed by atoms with van der Waals surface area (Å²) in [5.74, 6) is -1.52. The molecule has 3 aromatic rings. The van der Waals surface area contributed by atoms with Crippen molar-refractivity contribution in [1.29, 1.82) is 0 Å². The number of benzene rings is 3. The Hall–Kier alpha value is -3.38. The van der Waals surface area contributed by atoms with Crippen LogP contribution in [-0.4, -0.2) is 29.8 Å². The molecule has 36 heavy (non-hydrogen) atoms. The molecule has 3 saturated carbocycles. The van der Waals surface area contributed by atoms with Gasteiger partial charge in [0.15, 0.2) is 0 Å². The summed E-state index contributed by atoms with van der Waals surface area (Å²) in [5.41, 5.74) is 4.21. The van der Waals surface area contributed by atoms with Crippen LogP contribution >= 0.6 is 11.6 Å². The maximum atomic E-state index is 14.3. The first kappa shape index (κ1) is 23.0. The number of carbonyl (C=O) groups excluding carboxylic acids is 1. The summed E-state index contributed by atoms with van der Waals surface area (Å²) in [4.78, 5) is 24.8. The summed E-state index contributed by atoms with van der Waals surface area (Å²) in [6.07, 6.45) is 1.54. The SMILES string of the molecule is O=C(NC(C(=O)O)C12CC(Cc3c(F)cccc3Cl)(C1)C2)OCC1c2ccccc2-c2ccccc21. The van der Waals surface area contributed by atoms with Crippen molar-refractivity contribution in [1.82, 2.24) is 5.32 Å². The molecule has 2 bridgehead atoms. The number of rotatable bonds is 7. The van der Waals surface area contributed by atoms with E-state index in [-0.39, 0.29) is 23.8 Å². The Balaban J connectivity index is 1.10. The molecule has 5 nitrogen and oxygen atoms in total. The van der Waals surface area contributed by atoms with Crippen LogP contribution in [0.4, 0.5) is 9.18 Å². The van der Waals surface area contributed by atoms with Gasteiger partial charge in [-0.15, -0.1) is 0 Å². The van der Waals surface area contributed by atoms with Crippen molar-refractivity contribution in [2.45, 2.75) is 37.6 Å². The lowest BCUT2D eigenvalue weighted by atomic mass is 9.32. The quantitative estimate of drug-likeness (QED) is 0.402. The zero-order chi connectivity index (χ0) is 25.1. The molecule has 0 aliphatic heterocycles. The van der Waals surface area contributed by atoms with Gasteiger partial charge in [-0.1, -0.05) is 66.2 Å². The Bertz CT molecular complexity index is 1300. The topological polar surface area (TPSA) is 75.6 Å². The molecule has 0 heterocycles. The zero-order valence-corrected chi connectivity index (χ0v) is 20.2. The molecular weight excluding hydrogens is 481 g/mol. The van der Waals surface area contributed by atoms with E-state index in [9.17, 15) is 19.1 Å². The number of ether oxygens (including phenoxy) is 1. The average molecular weight is 506 g/mol. The number of fused-ring (bicyclic) bond motifs is 3. The summed E-state index contributed by atoms with van der Waals surface area (Å²) in [6.45, 7) is 0.120. The molecule has 184 valence electrons. The number of nitrogens with one attached hydrogen (secondary N) is 1. The van der Waals surface area contributed by atoms with Crippen molar-refractivity contribution in [2.24, 2.45) is 10.8 Å². The van der Waals surface area contributed by atoms with Crippen LogP contribution < -0.4 is 5.32 Å². The summed E-state index contributed by atoms with van der Waals surface area (Å²) >= 11 is 6.19. The fourth-order valence-corrected chi connectivity index (χ4v) is 7.12. The molecule has 0 aromatic heterocycles. The van der Waals surface area contributed by atoms with Gasteiger partial charge >= 0.3 is 12.1 Å². The second-order valence-electron chi connectivity index (χ2n) is 10.5. The van der Waals surface area contributed by atoms with E-state index in [1.165, 1.54) is 6.07 Å². The molecule has 1 unspecified atom stereocenters. The highest BCUT2D eigenvalue weighted by Gasteiger charge is 2.72. The molecule has 3 aromatic carbocycles. The van der Waals surface area contributed by atoms with Crippen molar-refractivity contribution < 1.29 is 23.8 Å². The Labute approximate surface area is 213 Å². The van der Waals surface area contributed by atoms with Crippen molar-refractivity contribution in [2.75, 3.05) is 6.61 Å². The lowest BCUT2D eigenvalue weighted by molar-refractivity contribution is -0.223. The highest BCUT2D eigenvalue weighted by molar-refractivity contribution is 6.31. The summed E-state index contributed by atoms with van der Waals surface area (Å²) in [7, 11) is 0. The molecule has 4 aliphatic carbocycles. The van der Waals surface area contributed by atoms with Gasteiger partial charge in [0.05, 0.1) is 0 Å². The van der Waals surface area contributed by atoms with Crippen molar-refractivity contribution in [3.63, 3.8) is 0 Å². The number of hydrogen-bond acceptors (Lipinski definition) is 3. The van der Waals surface area contributed by atoms with Gasteiger partial charge in [-0.25, -0.2) is 14.0 Å². The molecule has 1 atom stereocenters. The van der Waals surface area contributed by atoms with Crippen LogP contribution in [0.15, 0.2) is 66.7 Å². The van der Waals surface area contributed by atoms with E-state index in [4.69, 9.17) is 16.3 Å². The Kier molecular flexibility index (Phi) is 5.34. The van der Waals surface area contributed by atoms with E-state index in [0.29, 0.717) is 36.3 Å². The molecule has 0 radical (unpaired) electrons. The largest absolute Gasteiger partial charge is 0.480 e. The number of carboxylic acids is 1. The first-order chi connectivity index (χ1) is 17.3. The third-order valence-electron chi connectivity index (χ3n) is 8.26. The normalized spacial score (nSPS) is 24.1. The molecule has 0 spiro atoms. The van der Waals surface area contributed by atoms with Crippen LogP contribution in [0.25, 0.3) is 11.1 Å². The molecule has 7 heteroatoms. The van der Waals surface area contributed by atoms with Crippen LogP contribution in [0.3, 0.4) is 0 Å². The molecule has 1 amide bonds. The van der Waals surface area contributed by atoms with Crippen molar-refractivity contribution >= 4 is 23.7 Å². The van der Waals surface area contributed by atoms with E-state index in [0.717, 1.165) is 22.3 Å². The minimum atomic E-state index is -1.08. The Morgan fingerprint density at radius 1 is 1.00 bits per heavy atom. The fraction of sp³-hybridized carbons (Fsp3) is 0.310. The van der Waals surface area contributed by atoms with Gasteiger partial charge in [0, 0.05) is 21.9 Å². The molecule has 2 N–H and O–H groups in total. The van der Waals surface area contributed by atoms with Crippen LogP contribution in [0.1, 0.15) is 41.9 Å². The minimum absolute atomic E-state index is 0.102. The van der Waals surface area contributed by atoms with Gasteiger partial charge in [-0.2, -0.15) is 0 Å². The predicted octanol–water partition coefficient (Wildman–Crippen LogP) is 6.18. The highest BCUT2D eigenvalue weighted by Crippen LogP contribution is 2.75. The van der Waals surface area contributed by atoms with Gasteiger partial charge < -0.3 is 15.2 Å². The van der Waals surface area contributed by atoms with Gasteiger partial charge in [0.25, 0.3) is 0 Å². The molecule has 0 saturated heterocycles. The van der Waals surface area contributed by atoms with Crippen molar-refractivity contribution in [3.05, 3.63) is 94.3 Å². The second kappa shape index (κ2) is 8.34. The highest BCUT2D eigenvalue weighted by atomic mass is 35.5. The zero-order valence-electron chi connectivity index (χ0n) is 19.5. The van der Waals surface area contributed by atoms with E-state index < -0.39 is 23.5 Å². The lowest BCUT2D eigenvalue weighted by Crippen LogP contribution is -2.72. The number of carboxylic acid groups (broad SMARTS) is 1. The van der Waals surface area contributed by atoms with E-state index in [1.807, 2.05) is 36.4 Å². The number of carbonyl (C=O) groups is 2. The predicted molar refractivity (Wildman–Crippen MR) is 133 cm³/mol. The van der Waals surface area contributed by atoms with Gasteiger partial charge in [-0.3, -0.25) is 0 Å². The fourth-order valence-electron chi connectivity index (χ4n) is 6.89. The Morgan fingerprint density at radius 3 is 2.19 bits per heavy atom. The second-order valence-corrected chi connectivity index (χ2v) is 10.9. The number of alkyl carbamates (subject to hydrolysis) is 1. The number of halogens is 2. The first-order valence-corrected chi connectivity index (χ1v) is 12.5. The molecule has 4 aliphatic rings. The summed E-state index contributed by atoms with van der Waals surface area (Å²) in [5, 5.41) is 12.9. The van der Waals surface area contributed by atoms with Crippen LogP contribution in [0, 0.1) is 16.6 Å². The monoisotopic (exact) mass is 505 g/mol. The van der Waals surface area contributed by atoms with Gasteiger partial charge in [-0.05, 0) is 65.5 Å². The lowest BCUT2D eigenvalue weighted by Gasteiger charge is -2.72. The molecular formula is C29H25ClFNO4. The first-order valence-electron chi connectivity index (χ1n) is 12.1. The van der Waals surface area contributed by atoms with Gasteiger partial charge in [0.1, 0.15) is 18.5 Å². The Morgan fingerprint density at radius 2 is 1.61 bits per heavy atom. The third kappa shape index (κ3) is 3.58. The maximum Gasteiger partial charge on any atom is 0.407 e. The smallest absolute Gasteiger partial charge is 0.407 e. The number of aliphatic carboxylic acids is 1. The number of amides is 1. The summed E-state index contributed by atoms with van der Waals surface area (Å²) in [6, 6.07) is 19.7. The standard InChI is InChI=1S/C29H25ClFNO4/c30-23-10-5-11-24(31)21(23)12-28-14-29(15-28,16-28)25(26(33)34)32-27(35)36-13-22-19-8-3-1-6-17(19)18-7-2-4-9-20(18)22/h1-11,22,25H,12-16H2,(H,32,35)(H,33,34). The maximum absolute atomic E-state index is 14.3. The van der Waals surface area contributed by atoms with Crippen LogP contribution in [-0.2, 0) is 16.0 Å². The van der Waals surface area contributed by atoms with E-state index in [2.05, 4.69) is 17.4 Å². The minimum Gasteiger partial charge on any atom is -0.480 e. The average Bonchev–Trinajstić information content (AvgIpc) is 3.13. The van der Waals surface area contributed by atoms with Crippen molar-refractivity contribution in [3.8, 4) is 11.1 Å². The molecule has 3 fully saturated rings. The number of hydrogen-bond donors (Lipinski definition) is 2.